The molecule has 0 bridgehead atoms. The Morgan fingerprint density at radius 3 is 2.95 bits per heavy atom. The normalized spacial score (nSPS) is 14.6. The Kier molecular flexibility index (Phi) is 3.25. The van der Waals surface area contributed by atoms with E-state index in [1.807, 2.05) is 25.3 Å². The molecule has 19 heavy (non-hydrogen) atoms. The summed E-state index contributed by atoms with van der Waals surface area (Å²) < 4.78 is 5.48. The summed E-state index contributed by atoms with van der Waals surface area (Å²) in [6.07, 6.45) is 6.10. The Hall–Kier alpha value is -1.81. The van der Waals surface area contributed by atoms with Crippen LogP contribution in [-0.2, 0) is 13.1 Å². The predicted octanol–water partition coefficient (Wildman–Crippen LogP) is 2.61. The van der Waals surface area contributed by atoms with Gasteiger partial charge in [0.1, 0.15) is 5.76 Å². The first-order chi connectivity index (χ1) is 9.28. The van der Waals surface area contributed by atoms with Crippen LogP contribution in [0.25, 0.3) is 0 Å². The molecule has 1 saturated carbocycles. The van der Waals surface area contributed by atoms with Crippen LogP contribution in [0.3, 0.4) is 0 Å². The van der Waals surface area contributed by atoms with Gasteiger partial charge in [0.25, 0.3) is 0 Å². The fourth-order valence-corrected chi connectivity index (χ4v) is 2.37. The maximum Gasteiger partial charge on any atom is 0.123 e. The largest absolute Gasteiger partial charge is 0.467 e. The molecule has 1 aliphatic rings. The van der Waals surface area contributed by atoms with E-state index in [4.69, 9.17) is 10.2 Å². The van der Waals surface area contributed by atoms with E-state index in [2.05, 4.69) is 16.0 Å². The van der Waals surface area contributed by atoms with Gasteiger partial charge in [-0.1, -0.05) is 0 Å². The van der Waals surface area contributed by atoms with Crippen LogP contribution < -0.4 is 10.6 Å². The van der Waals surface area contributed by atoms with Crippen molar-refractivity contribution in [1.29, 1.82) is 0 Å². The van der Waals surface area contributed by atoms with E-state index in [-0.39, 0.29) is 0 Å². The van der Waals surface area contributed by atoms with Crippen molar-refractivity contribution in [3.8, 4) is 0 Å². The first-order valence-electron chi connectivity index (χ1n) is 6.72. The highest BCUT2D eigenvalue weighted by molar-refractivity contribution is 5.55. The van der Waals surface area contributed by atoms with Gasteiger partial charge in [-0.25, -0.2) is 0 Å². The number of pyridine rings is 1. The van der Waals surface area contributed by atoms with Crippen molar-refractivity contribution in [2.45, 2.75) is 38.9 Å². The van der Waals surface area contributed by atoms with Gasteiger partial charge in [-0.3, -0.25) is 4.98 Å². The van der Waals surface area contributed by atoms with Gasteiger partial charge >= 0.3 is 0 Å². The molecule has 1 aliphatic carbocycles. The standard InChI is InChI=1S/C15H19N3O/c1-11-7-15(12(8-16)9-17-11)18(13-4-5-13)10-14-3-2-6-19-14/h2-3,6-7,9,13H,4-5,8,10,16H2,1H3. The van der Waals surface area contributed by atoms with Gasteiger partial charge in [0.15, 0.2) is 0 Å². The second-order valence-electron chi connectivity index (χ2n) is 5.10. The molecule has 0 atom stereocenters. The molecular formula is C15H19N3O. The topological polar surface area (TPSA) is 55.3 Å². The zero-order valence-corrected chi connectivity index (χ0v) is 11.2. The fraction of sp³-hybridized carbons (Fsp3) is 0.400. The monoisotopic (exact) mass is 257 g/mol. The summed E-state index contributed by atoms with van der Waals surface area (Å²) in [5.74, 6) is 0.990. The lowest BCUT2D eigenvalue weighted by atomic mass is 10.1. The quantitative estimate of drug-likeness (QED) is 0.894. The van der Waals surface area contributed by atoms with Crippen molar-refractivity contribution in [2.75, 3.05) is 4.90 Å². The summed E-state index contributed by atoms with van der Waals surface area (Å²) in [5, 5.41) is 0. The van der Waals surface area contributed by atoms with Crippen LogP contribution in [0.5, 0.6) is 0 Å². The highest BCUT2D eigenvalue weighted by atomic mass is 16.3. The average molecular weight is 257 g/mol. The number of nitrogens with two attached hydrogens (primary N) is 1. The summed E-state index contributed by atoms with van der Waals surface area (Å²) in [6, 6.07) is 6.69. The van der Waals surface area contributed by atoms with Crippen molar-refractivity contribution >= 4 is 5.69 Å². The number of hydrogen-bond donors (Lipinski definition) is 1. The second-order valence-corrected chi connectivity index (χ2v) is 5.10. The maximum atomic E-state index is 5.84. The zero-order chi connectivity index (χ0) is 13.2. The van der Waals surface area contributed by atoms with Gasteiger partial charge in [0.05, 0.1) is 12.8 Å². The van der Waals surface area contributed by atoms with Crippen LogP contribution >= 0.6 is 0 Å². The lowest BCUT2D eigenvalue weighted by Gasteiger charge is -2.26. The van der Waals surface area contributed by atoms with Crippen molar-refractivity contribution < 1.29 is 4.42 Å². The Labute approximate surface area is 113 Å². The minimum Gasteiger partial charge on any atom is -0.467 e. The Morgan fingerprint density at radius 1 is 1.47 bits per heavy atom. The molecule has 2 heterocycles. The van der Waals surface area contributed by atoms with Crippen molar-refractivity contribution in [2.24, 2.45) is 5.73 Å². The Balaban J connectivity index is 1.93. The average Bonchev–Trinajstić information content (AvgIpc) is 3.13. The highest BCUT2D eigenvalue weighted by Gasteiger charge is 2.31. The number of aromatic nitrogens is 1. The van der Waals surface area contributed by atoms with Crippen LogP contribution in [0.2, 0.25) is 0 Å². The van der Waals surface area contributed by atoms with E-state index < -0.39 is 0 Å². The van der Waals surface area contributed by atoms with E-state index in [1.54, 1.807) is 6.26 Å². The fourth-order valence-electron chi connectivity index (χ4n) is 2.37. The summed E-state index contributed by atoms with van der Waals surface area (Å²) in [7, 11) is 0. The van der Waals surface area contributed by atoms with Crippen LogP contribution in [-0.4, -0.2) is 11.0 Å². The van der Waals surface area contributed by atoms with E-state index in [1.165, 1.54) is 18.5 Å². The molecule has 2 aromatic heterocycles. The minimum atomic E-state index is 0.518. The van der Waals surface area contributed by atoms with Gasteiger partial charge in [-0.2, -0.15) is 0 Å². The molecule has 2 N–H and O–H groups in total. The van der Waals surface area contributed by atoms with Crippen LogP contribution in [0.4, 0.5) is 5.69 Å². The number of anilines is 1. The first-order valence-corrected chi connectivity index (χ1v) is 6.72. The van der Waals surface area contributed by atoms with Gasteiger partial charge < -0.3 is 15.1 Å². The number of rotatable bonds is 5. The lowest BCUT2D eigenvalue weighted by molar-refractivity contribution is 0.501. The first kappa shape index (κ1) is 12.2. The molecule has 0 unspecified atom stereocenters. The third-order valence-electron chi connectivity index (χ3n) is 3.52. The lowest BCUT2D eigenvalue weighted by Crippen LogP contribution is -2.26. The number of hydrogen-bond acceptors (Lipinski definition) is 4. The van der Waals surface area contributed by atoms with E-state index >= 15 is 0 Å². The third-order valence-corrected chi connectivity index (χ3v) is 3.52. The molecule has 0 spiro atoms. The molecule has 0 saturated heterocycles. The molecule has 3 rings (SSSR count). The number of nitrogens with zero attached hydrogens (tertiary/aromatic N) is 2. The zero-order valence-electron chi connectivity index (χ0n) is 11.2. The van der Waals surface area contributed by atoms with E-state index in [9.17, 15) is 0 Å². The molecule has 0 amide bonds. The van der Waals surface area contributed by atoms with E-state index in [0.717, 1.165) is 23.6 Å². The minimum absolute atomic E-state index is 0.518. The third kappa shape index (κ3) is 2.63. The molecule has 4 nitrogen and oxygen atoms in total. The van der Waals surface area contributed by atoms with E-state index in [0.29, 0.717) is 12.6 Å². The molecule has 100 valence electrons. The van der Waals surface area contributed by atoms with Crippen LogP contribution in [0, 0.1) is 6.92 Å². The van der Waals surface area contributed by atoms with Gasteiger partial charge in [-0.05, 0) is 38.0 Å². The summed E-state index contributed by atoms with van der Waals surface area (Å²) in [5.41, 5.74) is 9.17. The van der Waals surface area contributed by atoms with Crippen molar-refractivity contribution in [3.63, 3.8) is 0 Å². The van der Waals surface area contributed by atoms with Crippen LogP contribution in [0.1, 0.15) is 29.9 Å². The summed E-state index contributed by atoms with van der Waals surface area (Å²) in [4.78, 5) is 6.74. The molecular weight excluding hydrogens is 238 g/mol. The van der Waals surface area contributed by atoms with Crippen molar-refractivity contribution in [3.05, 3.63) is 47.7 Å². The summed E-state index contributed by atoms with van der Waals surface area (Å²) in [6.45, 7) is 3.33. The van der Waals surface area contributed by atoms with Gasteiger partial charge in [-0.15, -0.1) is 0 Å². The predicted molar refractivity (Wildman–Crippen MR) is 74.8 cm³/mol. The number of furan rings is 1. The molecule has 1 fully saturated rings. The Morgan fingerprint density at radius 2 is 2.32 bits per heavy atom. The van der Waals surface area contributed by atoms with Gasteiger partial charge in [0.2, 0.25) is 0 Å². The highest BCUT2D eigenvalue weighted by Crippen LogP contribution is 2.35. The van der Waals surface area contributed by atoms with Gasteiger partial charge in [0, 0.05) is 35.7 Å². The Bertz CT molecular complexity index is 547. The number of aryl methyl sites for hydroxylation is 1. The molecule has 2 aromatic rings. The molecule has 0 aliphatic heterocycles. The van der Waals surface area contributed by atoms with Crippen LogP contribution in [0.15, 0.2) is 35.1 Å². The summed E-state index contributed by atoms with van der Waals surface area (Å²) >= 11 is 0. The maximum absolute atomic E-state index is 5.84. The molecule has 0 aromatic carbocycles. The smallest absolute Gasteiger partial charge is 0.123 e. The second kappa shape index (κ2) is 5.05. The molecule has 4 heteroatoms. The molecule has 0 radical (unpaired) electrons. The SMILES string of the molecule is Cc1cc(N(Cc2ccco2)C2CC2)c(CN)cn1. The van der Waals surface area contributed by atoms with Crippen molar-refractivity contribution in [1.82, 2.24) is 4.98 Å².